The van der Waals surface area contributed by atoms with Gasteiger partial charge in [0.2, 0.25) is 0 Å². The Hall–Kier alpha value is -3.53. The third-order valence-electron chi connectivity index (χ3n) is 5.72. The standard InChI is InChI=1S/C25H23N3O/c1-18-11-13-20(14-12-18)24-23-10-5-15-27(23)16-17-28(24)25(29)26-22-9-4-7-19-6-2-3-8-21(19)22/h2-15,24H,16-17H2,1H3,(H,26,29). The molecule has 0 bridgehead atoms. The third-order valence-corrected chi connectivity index (χ3v) is 5.72. The van der Waals surface area contributed by atoms with Gasteiger partial charge in [0.15, 0.2) is 0 Å². The van der Waals surface area contributed by atoms with E-state index in [1.165, 1.54) is 5.56 Å². The first kappa shape index (κ1) is 17.6. The van der Waals surface area contributed by atoms with Crippen molar-refractivity contribution in [2.24, 2.45) is 0 Å². The number of carbonyl (C=O) groups excluding carboxylic acids is 1. The van der Waals surface area contributed by atoms with Crippen molar-refractivity contribution in [3.8, 4) is 0 Å². The molecule has 144 valence electrons. The van der Waals surface area contributed by atoms with Gasteiger partial charge in [-0.3, -0.25) is 0 Å². The number of rotatable bonds is 2. The fourth-order valence-corrected chi connectivity index (χ4v) is 4.22. The van der Waals surface area contributed by atoms with Crippen LogP contribution >= 0.6 is 0 Å². The quantitative estimate of drug-likeness (QED) is 0.483. The number of nitrogens with one attached hydrogen (secondary N) is 1. The maximum atomic E-state index is 13.4. The van der Waals surface area contributed by atoms with Crippen LogP contribution in [-0.4, -0.2) is 22.0 Å². The van der Waals surface area contributed by atoms with Crippen molar-refractivity contribution in [1.82, 2.24) is 9.47 Å². The molecule has 1 unspecified atom stereocenters. The topological polar surface area (TPSA) is 37.3 Å². The van der Waals surface area contributed by atoms with E-state index in [2.05, 4.69) is 71.5 Å². The van der Waals surface area contributed by atoms with E-state index < -0.39 is 0 Å². The van der Waals surface area contributed by atoms with Crippen LogP contribution in [0.3, 0.4) is 0 Å². The molecule has 1 atom stereocenters. The molecule has 0 fully saturated rings. The summed E-state index contributed by atoms with van der Waals surface area (Å²) in [6.45, 7) is 3.54. The minimum absolute atomic E-state index is 0.0700. The highest BCUT2D eigenvalue weighted by Gasteiger charge is 2.32. The summed E-state index contributed by atoms with van der Waals surface area (Å²) in [4.78, 5) is 15.3. The van der Waals surface area contributed by atoms with Gasteiger partial charge in [0.1, 0.15) is 0 Å². The van der Waals surface area contributed by atoms with Gasteiger partial charge in [-0.05, 0) is 36.1 Å². The minimum Gasteiger partial charge on any atom is -0.348 e. The molecular formula is C25H23N3O. The van der Waals surface area contributed by atoms with E-state index in [0.717, 1.165) is 34.3 Å². The molecule has 0 aliphatic carbocycles. The van der Waals surface area contributed by atoms with Gasteiger partial charge >= 0.3 is 6.03 Å². The van der Waals surface area contributed by atoms with Crippen molar-refractivity contribution in [1.29, 1.82) is 0 Å². The van der Waals surface area contributed by atoms with Gasteiger partial charge in [0.25, 0.3) is 0 Å². The average Bonchev–Trinajstić information content (AvgIpc) is 3.23. The van der Waals surface area contributed by atoms with Gasteiger partial charge in [0.05, 0.1) is 11.7 Å². The Morgan fingerprint density at radius 2 is 1.69 bits per heavy atom. The van der Waals surface area contributed by atoms with E-state index in [-0.39, 0.29) is 12.1 Å². The molecule has 1 aliphatic heterocycles. The normalized spacial score (nSPS) is 15.9. The van der Waals surface area contributed by atoms with E-state index in [0.29, 0.717) is 6.54 Å². The van der Waals surface area contributed by atoms with Crippen molar-refractivity contribution in [2.45, 2.75) is 19.5 Å². The summed E-state index contributed by atoms with van der Waals surface area (Å²) in [5, 5.41) is 5.34. The van der Waals surface area contributed by atoms with Crippen LogP contribution in [0.1, 0.15) is 22.9 Å². The fraction of sp³-hybridized carbons (Fsp3) is 0.160. The van der Waals surface area contributed by atoms with E-state index in [9.17, 15) is 4.79 Å². The number of benzene rings is 3. The summed E-state index contributed by atoms with van der Waals surface area (Å²) in [6, 6.07) is 26.6. The SMILES string of the molecule is Cc1ccc(C2c3cccn3CCN2C(=O)Nc2cccc3ccccc23)cc1. The minimum atomic E-state index is -0.102. The Labute approximate surface area is 170 Å². The first-order valence-electron chi connectivity index (χ1n) is 9.98. The van der Waals surface area contributed by atoms with Crippen molar-refractivity contribution < 1.29 is 4.79 Å². The molecule has 0 saturated carbocycles. The van der Waals surface area contributed by atoms with Gasteiger partial charge in [-0.15, -0.1) is 0 Å². The molecule has 1 aromatic heterocycles. The maximum absolute atomic E-state index is 13.4. The number of fused-ring (bicyclic) bond motifs is 2. The largest absolute Gasteiger partial charge is 0.348 e. The molecule has 2 heterocycles. The van der Waals surface area contributed by atoms with E-state index in [1.54, 1.807) is 0 Å². The lowest BCUT2D eigenvalue weighted by molar-refractivity contribution is 0.182. The highest BCUT2D eigenvalue weighted by atomic mass is 16.2. The molecule has 3 aromatic carbocycles. The second-order valence-electron chi connectivity index (χ2n) is 7.59. The molecule has 1 N–H and O–H groups in total. The number of amides is 2. The summed E-state index contributed by atoms with van der Waals surface area (Å²) < 4.78 is 2.24. The highest BCUT2D eigenvalue weighted by molar-refractivity contribution is 6.01. The van der Waals surface area contributed by atoms with Crippen LogP contribution in [0.4, 0.5) is 10.5 Å². The molecule has 2 amide bonds. The van der Waals surface area contributed by atoms with Crippen LogP contribution in [0.2, 0.25) is 0 Å². The second-order valence-corrected chi connectivity index (χ2v) is 7.59. The molecule has 4 nitrogen and oxygen atoms in total. The average molecular weight is 381 g/mol. The van der Waals surface area contributed by atoms with E-state index in [1.807, 2.05) is 35.2 Å². The maximum Gasteiger partial charge on any atom is 0.322 e. The van der Waals surface area contributed by atoms with Crippen molar-refractivity contribution in [3.05, 3.63) is 102 Å². The van der Waals surface area contributed by atoms with Crippen LogP contribution in [0, 0.1) is 6.92 Å². The Bertz CT molecular complexity index is 1170. The number of hydrogen-bond donors (Lipinski definition) is 1. The van der Waals surface area contributed by atoms with Crippen molar-refractivity contribution in [3.63, 3.8) is 0 Å². The monoisotopic (exact) mass is 381 g/mol. The summed E-state index contributed by atoms with van der Waals surface area (Å²) in [5.74, 6) is 0. The number of aryl methyl sites for hydroxylation is 1. The van der Waals surface area contributed by atoms with Gasteiger partial charge < -0.3 is 14.8 Å². The zero-order valence-corrected chi connectivity index (χ0v) is 16.4. The molecule has 0 saturated heterocycles. The number of nitrogens with zero attached hydrogens (tertiary/aromatic N) is 2. The smallest absolute Gasteiger partial charge is 0.322 e. The Morgan fingerprint density at radius 3 is 2.55 bits per heavy atom. The first-order chi connectivity index (χ1) is 14.2. The lowest BCUT2D eigenvalue weighted by Gasteiger charge is -2.37. The second kappa shape index (κ2) is 7.13. The number of urea groups is 1. The van der Waals surface area contributed by atoms with E-state index >= 15 is 0 Å². The number of carbonyl (C=O) groups is 1. The lowest BCUT2D eigenvalue weighted by Crippen LogP contribution is -2.44. The van der Waals surface area contributed by atoms with Crippen LogP contribution in [-0.2, 0) is 6.54 Å². The summed E-state index contributed by atoms with van der Waals surface area (Å²) in [6.07, 6.45) is 2.09. The van der Waals surface area contributed by atoms with E-state index in [4.69, 9.17) is 0 Å². The lowest BCUT2D eigenvalue weighted by atomic mass is 9.99. The van der Waals surface area contributed by atoms with Crippen molar-refractivity contribution >= 4 is 22.5 Å². The molecule has 4 heteroatoms. The first-order valence-corrected chi connectivity index (χ1v) is 9.98. The molecular weight excluding hydrogens is 358 g/mol. The molecule has 0 spiro atoms. The number of anilines is 1. The van der Waals surface area contributed by atoms with Crippen LogP contribution in [0.5, 0.6) is 0 Å². The molecule has 0 radical (unpaired) electrons. The van der Waals surface area contributed by atoms with Gasteiger partial charge in [-0.1, -0.05) is 66.2 Å². The zero-order chi connectivity index (χ0) is 19.8. The summed E-state index contributed by atoms with van der Waals surface area (Å²) in [7, 11) is 0. The Balaban J connectivity index is 1.51. The van der Waals surface area contributed by atoms with Crippen molar-refractivity contribution in [2.75, 3.05) is 11.9 Å². The molecule has 5 rings (SSSR count). The predicted octanol–water partition coefficient (Wildman–Crippen LogP) is 5.59. The summed E-state index contributed by atoms with van der Waals surface area (Å²) in [5.41, 5.74) is 4.33. The van der Waals surface area contributed by atoms with Gasteiger partial charge in [-0.25, -0.2) is 4.79 Å². The van der Waals surface area contributed by atoms with Crippen LogP contribution in [0.15, 0.2) is 85.1 Å². The van der Waals surface area contributed by atoms with Crippen LogP contribution in [0.25, 0.3) is 10.8 Å². The fourth-order valence-electron chi connectivity index (χ4n) is 4.22. The van der Waals surface area contributed by atoms with Gasteiger partial charge in [0, 0.05) is 30.4 Å². The van der Waals surface area contributed by atoms with Crippen LogP contribution < -0.4 is 5.32 Å². The highest BCUT2D eigenvalue weighted by Crippen LogP contribution is 2.33. The molecule has 1 aliphatic rings. The Morgan fingerprint density at radius 1 is 0.897 bits per heavy atom. The molecule has 4 aromatic rings. The number of aromatic nitrogens is 1. The van der Waals surface area contributed by atoms with Gasteiger partial charge in [-0.2, -0.15) is 0 Å². The zero-order valence-electron chi connectivity index (χ0n) is 16.4. The predicted molar refractivity (Wildman–Crippen MR) is 117 cm³/mol. The number of hydrogen-bond acceptors (Lipinski definition) is 1. The Kier molecular flexibility index (Phi) is 4.32. The summed E-state index contributed by atoms with van der Waals surface area (Å²) >= 11 is 0. The molecule has 29 heavy (non-hydrogen) atoms. The third kappa shape index (κ3) is 3.17.